The van der Waals surface area contributed by atoms with Gasteiger partial charge in [0.15, 0.2) is 5.96 Å². The molecule has 0 aliphatic rings. The van der Waals surface area contributed by atoms with Gasteiger partial charge in [-0.3, -0.25) is 15.6 Å². The fourth-order valence-corrected chi connectivity index (χ4v) is 0.227. The Balaban J connectivity index is 3.28. The largest absolute Gasteiger partial charge is 0.370 e. The molecule has 0 saturated heterocycles. The van der Waals surface area contributed by atoms with E-state index >= 15 is 0 Å². The van der Waals surface area contributed by atoms with E-state index in [-0.39, 0.29) is 12.5 Å². The maximum atomic E-state index is 10.3. The maximum Gasteiger partial charge on any atom is 0.253 e. The molecule has 1 amide bonds. The number of carbonyl (C=O) groups is 1. The lowest BCUT2D eigenvalue weighted by atomic mass is 10.6. The third kappa shape index (κ3) is 4.56. The molecule has 6 nitrogen and oxygen atoms in total. The number of hydrogen-bond donors (Lipinski definition) is 5. The molecular weight excluding hydrogens is 122 g/mol. The van der Waals surface area contributed by atoms with Gasteiger partial charge in [0.2, 0.25) is 0 Å². The molecule has 52 valence electrons. The van der Waals surface area contributed by atoms with Crippen LogP contribution in [0.25, 0.3) is 0 Å². The quantitative estimate of drug-likeness (QED) is 0.0932. The molecule has 0 rings (SSSR count). The van der Waals surface area contributed by atoms with Gasteiger partial charge >= 0.3 is 0 Å². The molecule has 0 heterocycles. The highest BCUT2D eigenvalue weighted by atomic mass is 16.2. The highest BCUT2D eigenvalue weighted by molar-refractivity contribution is 5.83. The highest BCUT2D eigenvalue weighted by Gasteiger charge is 1.94. The Kier molecular flexibility index (Phi) is 3.14. The number of hydrogen-bond acceptors (Lipinski definition) is 3. The van der Waals surface area contributed by atoms with E-state index in [4.69, 9.17) is 17.0 Å². The molecule has 0 aliphatic heterocycles. The van der Waals surface area contributed by atoms with Crippen LogP contribution in [0.3, 0.4) is 0 Å². The van der Waals surface area contributed by atoms with Crippen LogP contribution in [0, 0.1) is 5.41 Å². The predicted molar refractivity (Wildman–Crippen MR) is 32.2 cm³/mol. The van der Waals surface area contributed by atoms with Gasteiger partial charge in [0, 0.05) is 0 Å². The van der Waals surface area contributed by atoms with Gasteiger partial charge in [-0.1, -0.05) is 0 Å². The first-order valence-corrected chi connectivity index (χ1v) is 2.24. The zero-order valence-electron chi connectivity index (χ0n) is 4.77. The Morgan fingerprint density at radius 1 is 1.67 bits per heavy atom. The van der Waals surface area contributed by atoms with Crippen molar-refractivity contribution in [1.29, 1.82) is 5.41 Å². The first-order valence-electron chi connectivity index (χ1n) is 2.24. The monoisotopic (exact) mass is 131 g/mol. The minimum atomic E-state index is -0.412. The van der Waals surface area contributed by atoms with E-state index in [1.807, 2.05) is 5.43 Å². The lowest BCUT2D eigenvalue weighted by Crippen LogP contribution is -2.42. The molecule has 0 aromatic rings. The zero-order chi connectivity index (χ0) is 7.28. The second-order valence-electron chi connectivity index (χ2n) is 1.33. The standard InChI is InChI=1S/C3H9N5O/c4-3(5)7-1-2(9)8-6/h1,6H2,(H,8,9)(H4,4,5,7). The van der Waals surface area contributed by atoms with Crippen molar-refractivity contribution in [2.75, 3.05) is 6.54 Å². The lowest BCUT2D eigenvalue weighted by molar-refractivity contribution is -0.120. The summed E-state index contributed by atoms with van der Waals surface area (Å²) in [5.41, 5.74) is 6.71. The molecule has 0 atom stereocenters. The highest BCUT2D eigenvalue weighted by Crippen LogP contribution is 1.55. The van der Waals surface area contributed by atoms with Gasteiger partial charge in [-0.2, -0.15) is 0 Å². The topological polar surface area (TPSA) is 117 Å². The van der Waals surface area contributed by atoms with Crippen LogP contribution in [0.15, 0.2) is 0 Å². The van der Waals surface area contributed by atoms with Gasteiger partial charge in [0.25, 0.3) is 5.91 Å². The second kappa shape index (κ2) is 3.67. The maximum absolute atomic E-state index is 10.3. The molecule has 0 saturated carbocycles. The van der Waals surface area contributed by atoms with Crippen LogP contribution in [0.5, 0.6) is 0 Å². The second-order valence-corrected chi connectivity index (χ2v) is 1.33. The average Bonchev–Trinajstić information content (AvgIpc) is 1.83. The van der Waals surface area contributed by atoms with Crippen LogP contribution in [0.1, 0.15) is 0 Å². The Hall–Kier alpha value is -1.30. The van der Waals surface area contributed by atoms with Crippen molar-refractivity contribution in [2.24, 2.45) is 11.6 Å². The smallest absolute Gasteiger partial charge is 0.253 e. The van der Waals surface area contributed by atoms with E-state index in [2.05, 4.69) is 5.32 Å². The fraction of sp³-hybridized carbons (Fsp3) is 0.333. The number of amides is 1. The van der Waals surface area contributed by atoms with E-state index in [9.17, 15) is 4.79 Å². The normalized spacial score (nSPS) is 8.11. The predicted octanol–water partition coefficient (Wildman–Crippen LogP) is -2.54. The van der Waals surface area contributed by atoms with Gasteiger partial charge < -0.3 is 11.1 Å². The van der Waals surface area contributed by atoms with E-state index in [1.54, 1.807) is 0 Å². The number of hydrazine groups is 1. The summed E-state index contributed by atoms with van der Waals surface area (Å²) in [5, 5.41) is 8.87. The Bertz CT molecular complexity index is 121. The van der Waals surface area contributed by atoms with E-state index in [0.29, 0.717) is 0 Å². The molecule has 0 bridgehead atoms. The molecule has 6 heteroatoms. The third-order valence-electron chi connectivity index (χ3n) is 0.600. The zero-order valence-corrected chi connectivity index (χ0v) is 4.77. The van der Waals surface area contributed by atoms with Crippen LogP contribution in [0.2, 0.25) is 0 Å². The summed E-state index contributed by atoms with van der Waals surface area (Å²) < 4.78 is 0. The first kappa shape index (κ1) is 7.70. The van der Waals surface area contributed by atoms with Crippen LogP contribution in [-0.2, 0) is 4.79 Å². The summed E-state index contributed by atoms with van der Waals surface area (Å²) in [5.74, 6) is 4.04. The summed E-state index contributed by atoms with van der Waals surface area (Å²) >= 11 is 0. The molecule has 9 heavy (non-hydrogen) atoms. The van der Waals surface area contributed by atoms with Gasteiger partial charge in [-0.05, 0) is 0 Å². The van der Waals surface area contributed by atoms with Crippen LogP contribution in [-0.4, -0.2) is 18.4 Å². The van der Waals surface area contributed by atoms with Crippen molar-refractivity contribution in [3.05, 3.63) is 0 Å². The molecule has 0 aromatic carbocycles. The van der Waals surface area contributed by atoms with Crippen molar-refractivity contribution in [3.63, 3.8) is 0 Å². The number of nitrogens with two attached hydrogens (primary N) is 2. The van der Waals surface area contributed by atoms with Gasteiger partial charge in [-0.25, -0.2) is 5.84 Å². The van der Waals surface area contributed by atoms with Crippen LogP contribution >= 0.6 is 0 Å². The van der Waals surface area contributed by atoms with Crippen molar-refractivity contribution in [3.8, 4) is 0 Å². The average molecular weight is 131 g/mol. The van der Waals surface area contributed by atoms with Crippen LogP contribution < -0.4 is 22.3 Å². The van der Waals surface area contributed by atoms with Crippen molar-refractivity contribution in [2.45, 2.75) is 0 Å². The summed E-state index contributed by atoms with van der Waals surface area (Å²) in [7, 11) is 0. The summed E-state index contributed by atoms with van der Waals surface area (Å²) in [6, 6.07) is 0. The summed E-state index contributed by atoms with van der Waals surface area (Å²) in [4.78, 5) is 10.3. The molecule has 0 unspecified atom stereocenters. The number of nitrogens with one attached hydrogen (secondary N) is 3. The fourth-order valence-electron chi connectivity index (χ4n) is 0.227. The number of guanidine groups is 1. The molecule has 0 radical (unpaired) electrons. The minimum Gasteiger partial charge on any atom is -0.370 e. The van der Waals surface area contributed by atoms with E-state index < -0.39 is 5.91 Å². The number of carbonyl (C=O) groups excluding carboxylic acids is 1. The molecule has 0 aliphatic carbocycles. The number of rotatable bonds is 2. The SMILES string of the molecule is N=C(N)NCC(=O)NN. The first-order chi connectivity index (χ1) is 4.16. The summed E-state index contributed by atoms with van der Waals surface area (Å²) in [6.07, 6.45) is 0. The molecule has 0 fully saturated rings. The molecule has 7 N–H and O–H groups in total. The van der Waals surface area contributed by atoms with Gasteiger partial charge in [-0.15, -0.1) is 0 Å². The van der Waals surface area contributed by atoms with Gasteiger partial charge in [0.05, 0.1) is 6.54 Å². The lowest BCUT2D eigenvalue weighted by Gasteiger charge is -1.99. The minimum absolute atomic E-state index is 0.0637. The molecular formula is C3H9N5O. The van der Waals surface area contributed by atoms with Gasteiger partial charge in [0.1, 0.15) is 0 Å². The van der Waals surface area contributed by atoms with Crippen molar-refractivity contribution >= 4 is 11.9 Å². The Morgan fingerprint density at radius 3 is 2.56 bits per heavy atom. The van der Waals surface area contributed by atoms with E-state index in [1.165, 1.54) is 0 Å². The van der Waals surface area contributed by atoms with Crippen molar-refractivity contribution in [1.82, 2.24) is 10.7 Å². The van der Waals surface area contributed by atoms with Crippen LogP contribution in [0.4, 0.5) is 0 Å². The third-order valence-corrected chi connectivity index (χ3v) is 0.600. The Morgan fingerprint density at radius 2 is 2.22 bits per heavy atom. The van der Waals surface area contributed by atoms with Crippen molar-refractivity contribution < 1.29 is 4.79 Å². The van der Waals surface area contributed by atoms with E-state index in [0.717, 1.165) is 0 Å². The molecule has 0 spiro atoms. The Labute approximate surface area is 52.1 Å². The summed E-state index contributed by atoms with van der Waals surface area (Å²) in [6.45, 7) is -0.0637. The molecule has 0 aromatic heterocycles.